The predicted octanol–water partition coefficient (Wildman–Crippen LogP) is -2.42. The number of rotatable bonds is 8. The summed E-state index contributed by atoms with van der Waals surface area (Å²) in [5.41, 5.74) is 0.472. The van der Waals surface area contributed by atoms with Crippen molar-refractivity contribution in [3.63, 3.8) is 0 Å². The average molecular weight is 359 g/mol. The summed E-state index contributed by atoms with van der Waals surface area (Å²) < 4.78 is 55.7. The Hall–Kier alpha value is -0.580. The van der Waals surface area contributed by atoms with Gasteiger partial charge in [0.25, 0.3) is 0 Å². The maximum Gasteiger partial charge on any atom is 1.00 e. The van der Waals surface area contributed by atoms with Crippen LogP contribution in [0.5, 0.6) is 11.5 Å². The van der Waals surface area contributed by atoms with E-state index in [1.165, 1.54) is 26.4 Å². The fourth-order valence-corrected chi connectivity index (χ4v) is 2.57. The number of benzene rings is 1. The Labute approximate surface area is 157 Å². The molecule has 0 saturated heterocycles. The van der Waals surface area contributed by atoms with E-state index in [9.17, 15) is 22.5 Å². The first-order chi connectivity index (χ1) is 10.2. The van der Waals surface area contributed by atoms with E-state index >= 15 is 0 Å². The molecule has 23 heavy (non-hydrogen) atoms. The smallest absolute Gasteiger partial charge is 0.748 e. The Morgan fingerprint density at radius 2 is 1.78 bits per heavy atom. The summed E-state index contributed by atoms with van der Waals surface area (Å²) >= 11 is 0. The van der Waals surface area contributed by atoms with Gasteiger partial charge in [0.15, 0.2) is 11.5 Å². The van der Waals surface area contributed by atoms with E-state index in [4.69, 9.17) is 9.47 Å². The van der Waals surface area contributed by atoms with Gasteiger partial charge in [-0.3, -0.25) is 0 Å². The number of hydrogen-bond donors (Lipinski definition) is 1. The average Bonchev–Trinajstić information content (AvgIpc) is 2.43. The molecule has 1 rings (SSSR count). The molecule has 0 amide bonds. The number of ether oxygens (including phenoxy) is 2. The molecule has 0 saturated carbocycles. The van der Waals surface area contributed by atoms with Gasteiger partial charge in [-0.2, -0.15) is 4.39 Å². The number of nitrogens with zero attached hydrogens (tertiary/aromatic N) is 1. The standard InChI is InChI=1S/C13H20FNO6S.Na/c1-4-15(7-10(16)8-22(17,18)19)9-5-11(20-2)13(14)12(6-9)21-3;/h5-6,10,16H,4,7-8H2,1-3H3,(H,17,18,19);/q;+1/p-1. The van der Waals surface area contributed by atoms with Crippen molar-refractivity contribution < 1.29 is 61.5 Å². The number of anilines is 1. The topological polar surface area (TPSA) is 99.1 Å². The van der Waals surface area contributed by atoms with Gasteiger partial charge in [-0.25, -0.2) is 8.42 Å². The summed E-state index contributed by atoms with van der Waals surface area (Å²) in [7, 11) is -1.92. The number of hydrogen-bond acceptors (Lipinski definition) is 7. The normalized spacial score (nSPS) is 12.3. The molecule has 0 heterocycles. The minimum absolute atomic E-state index is 0. The summed E-state index contributed by atoms with van der Waals surface area (Å²) in [6.45, 7) is 2.06. The van der Waals surface area contributed by atoms with Crippen LogP contribution in [0, 0.1) is 5.82 Å². The minimum atomic E-state index is -4.53. The number of aliphatic hydroxyl groups is 1. The van der Waals surface area contributed by atoms with E-state index in [2.05, 4.69) is 0 Å². The molecule has 1 unspecified atom stereocenters. The molecule has 1 atom stereocenters. The molecular formula is C13H19FNNaO6S. The van der Waals surface area contributed by atoms with Crippen molar-refractivity contribution in [2.75, 3.05) is 38.0 Å². The number of methoxy groups -OCH3 is 2. The van der Waals surface area contributed by atoms with Crippen LogP contribution in [0.2, 0.25) is 0 Å². The van der Waals surface area contributed by atoms with Gasteiger partial charge in [-0.1, -0.05) is 0 Å². The van der Waals surface area contributed by atoms with Gasteiger partial charge in [0, 0.05) is 30.9 Å². The largest absolute Gasteiger partial charge is 1.00 e. The molecule has 0 aliphatic rings. The third-order valence-corrected chi connectivity index (χ3v) is 3.80. The Bertz CT molecular complexity index is 587. The molecule has 1 aromatic carbocycles. The van der Waals surface area contributed by atoms with E-state index in [0.29, 0.717) is 12.2 Å². The van der Waals surface area contributed by atoms with Gasteiger partial charge in [-0.05, 0) is 6.92 Å². The fraction of sp³-hybridized carbons (Fsp3) is 0.538. The molecule has 0 bridgehead atoms. The molecule has 0 aliphatic heterocycles. The molecule has 1 N–H and O–H groups in total. The molecule has 0 spiro atoms. The summed E-state index contributed by atoms with van der Waals surface area (Å²) in [6, 6.07) is 2.81. The Kier molecular flexibility index (Phi) is 9.41. The van der Waals surface area contributed by atoms with E-state index in [0.717, 1.165) is 0 Å². The van der Waals surface area contributed by atoms with Gasteiger partial charge in [0.1, 0.15) is 0 Å². The van der Waals surface area contributed by atoms with E-state index in [1.54, 1.807) is 11.8 Å². The Morgan fingerprint density at radius 3 is 2.13 bits per heavy atom. The van der Waals surface area contributed by atoms with Crippen LogP contribution < -0.4 is 43.9 Å². The van der Waals surface area contributed by atoms with Gasteiger partial charge in [0.05, 0.1) is 36.2 Å². The van der Waals surface area contributed by atoms with Crippen molar-refractivity contribution in [3.05, 3.63) is 17.9 Å². The molecule has 7 nitrogen and oxygen atoms in total. The quantitative estimate of drug-likeness (QED) is 0.407. The summed E-state index contributed by atoms with van der Waals surface area (Å²) in [6.07, 6.45) is -1.36. The molecule has 0 radical (unpaired) electrons. The van der Waals surface area contributed by atoms with Gasteiger partial charge in [-0.15, -0.1) is 0 Å². The van der Waals surface area contributed by atoms with Gasteiger partial charge in [0.2, 0.25) is 5.82 Å². The van der Waals surface area contributed by atoms with Crippen LogP contribution in [0.3, 0.4) is 0 Å². The van der Waals surface area contributed by atoms with Crippen LogP contribution >= 0.6 is 0 Å². The van der Waals surface area contributed by atoms with E-state index in [1.807, 2.05) is 0 Å². The van der Waals surface area contributed by atoms with E-state index < -0.39 is 27.8 Å². The summed E-state index contributed by atoms with van der Waals surface area (Å²) in [5, 5.41) is 9.70. The maximum atomic E-state index is 13.9. The number of halogens is 1. The summed E-state index contributed by atoms with van der Waals surface area (Å²) in [4.78, 5) is 1.58. The zero-order valence-electron chi connectivity index (χ0n) is 13.6. The maximum absolute atomic E-state index is 13.9. The van der Waals surface area contributed by atoms with Crippen LogP contribution in [-0.2, 0) is 10.1 Å². The van der Waals surface area contributed by atoms with Crippen molar-refractivity contribution in [2.45, 2.75) is 13.0 Å². The van der Waals surface area contributed by atoms with Crippen molar-refractivity contribution in [3.8, 4) is 11.5 Å². The second kappa shape index (κ2) is 9.65. The van der Waals surface area contributed by atoms with Crippen LogP contribution in [-0.4, -0.2) is 57.2 Å². The third-order valence-electron chi connectivity index (χ3n) is 3.00. The number of likely N-dealkylation sites (N-methyl/N-ethyl adjacent to an activating group) is 1. The van der Waals surface area contributed by atoms with E-state index in [-0.39, 0.29) is 47.6 Å². The third kappa shape index (κ3) is 6.82. The molecule has 1 aromatic rings. The van der Waals surface area contributed by atoms with Gasteiger partial charge < -0.3 is 24.0 Å². The van der Waals surface area contributed by atoms with Crippen LogP contribution in [0.15, 0.2) is 12.1 Å². The van der Waals surface area contributed by atoms with Crippen molar-refractivity contribution in [2.24, 2.45) is 0 Å². The van der Waals surface area contributed by atoms with Crippen LogP contribution in [0.4, 0.5) is 10.1 Å². The zero-order valence-corrected chi connectivity index (χ0v) is 16.4. The fourth-order valence-electron chi connectivity index (χ4n) is 2.00. The Balaban J connectivity index is 0.00000484. The summed E-state index contributed by atoms with van der Waals surface area (Å²) in [5.74, 6) is -1.64. The van der Waals surface area contributed by atoms with Crippen molar-refractivity contribution in [1.29, 1.82) is 0 Å². The molecule has 0 aromatic heterocycles. The molecule has 0 fully saturated rings. The van der Waals surface area contributed by atoms with Gasteiger partial charge >= 0.3 is 29.6 Å². The number of aliphatic hydroxyl groups excluding tert-OH is 1. The second-order valence-electron chi connectivity index (χ2n) is 4.58. The Morgan fingerprint density at radius 1 is 1.30 bits per heavy atom. The first-order valence-electron chi connectivity index (χ1n) is 6.49. The SMILES string of the molecule is CCN(CC(O)CS(=O)(=O)[O-])c1cc(OC)c(F)c(OC)c1.[Na+]. The van der Waals surface area contributed by atoms with Crippen molar-refractivity contribution in [1.82, 2.24) is 0 Å². The first-order valence-corrected chi connectivity index (χ1v) is 8.07. The van der Waals surface area contributed by atoms with Crippen molar-refractivity contribution >= 4 is 15.8 Å². The predicted molar refractivity (Wildman–Crippen MR) is 78.0 cm³/mol. The first kappa shape index (κ1) is 22.4. The molecule has 10 heteroatoms. The molecule has 0 aliphatic carbocycles. The minimum Gasteiger partial charge on any atom is -0.748 e. The zero-order chi connectivity index (χ0) is 16.9. The monoisotopic (exact) mass is 359 g/mol. The second-order valence-corrected chi connectivity index (χ2v) is 6.03. The molecule has 126 valence electrons. The van der Waals surface area contributed by atoms with Crippen LogP contribution in [0.1, 0.15) is 6.92 Å². The van der Waals surface area contributed by atoms with Crippen LogP contribution in [0.25, 0.3) is 0 Å². The molecular weight excluding hydrogens is 340 g/mol.